The second kappa shape index (κ2) is 7.98. The molecule has 0 aliphatic heterocycles. The summed E-state index contributed by atoms with van der Waals surface area (Å²) in [6.45, 7) is 0.598. The van der Waals surface area contributed by atoms with E-state index in [1.165, 1.54) is 0 Å². The highest BCUT2D eigenvalue weighted by molar-refractivity contribution is 5.60. The molecule has 2 rings (SSSR count). The summed E-state index contributed by atoms with van der Waals surface area (Å²) in [6, 6.07) is 14.0. The van der Waals surface area contributed by atoms with Crippen molar-refractivity contribution in [1.82, 2.24) is 4.90 Å². The van der Waals surface area contributed by atoms with Gasteiger partial charge >= 0.3 is 0 Å². The van der Waals surface area contributed by atoms with Crippen LogP contribution in [0.2, 0.25) is 0 Å². The molecule has 0 fully saturated rings. The normalized spacial score (nSPS) is 18.4. The maximum absolute atomic E-state index is 9.22. The molecule has 0 amide bonds. The summed E-state index contributed by atoms with van der Waals surface area (Å²) >= 11 is 0. The Balaban J connectivity index is 2.40. The van der Waals surface area contributed by atoms with E-state index in [2.05, 4.69) is 12.1 Å². The molecule has 0 heterocycles. The zero-order chi connectivity index (χ0) is 16.7. The van der Waals surface area contributed by atoms with Crippen molar-refractivity contribution in [2.75, 3.05) is 20.2 Å². The van der Waals surface area contributed by atoms with Crippen molar-refractivity contribution in [3.05, 3.63) is 65.4 Å². The average molecular weight is 305 g/mol. The largest absolute Gasteiger partial charge is 0.395 e. The molecule has 4 nitrogen and oxygen atoms in total. The summed E-state index contributed by atoms with van der Waals surface area (Å²) in [5, 5.41) is 27.5. The summed E-state index contributed by atoms with van der Waals surface area (Å²) in [4.78, 5) is 1.94. The number of nitriles is 2. The molecule has 1 unspecified atom stereocenters. The lowest BCUT2D eigenvalue weighted by atomic mass is 9.83. The van der Waals surface area contributed by atoms with Crippen LogP contribution < -0.4 is 0 Å². The Hall–Kier alpha value is -2.82. The first kappa shape index (κ1) is 16.5. The molecule has 1 aliphatic rings. The Labute approximate surface area is 136 Å². The number of aliphatic hydroxyl groups excluding tert-OH is 1. The smallest absolute Gasteiger partial charge is 0.143 e. The SMILES string of the molecule is CN(CCO)C1=CC(=Cc2ccccc2)C(C(C#N)C#N)C=C1. The maximum atomic E-state index is 9.22. The highest BCUT2D eigenvalue weighted by Crippen LogP contribution is 2.31. The van der Waals surface area contributed by atoms with Crippen molar-refractivity contribution in [3.63, 3.8) is 0 Å². The molecular weight excluding hydrogens is 286 g/mol. The van der Waals surface area contributed by atoms with Crippen LogP contribution in [0.25, 0.3) is 6.08 Å². The van der Waals surface area contributed by atoms with Gasteiger partial charge in [-0.3, -0.25) is 0 Å². The van der Waals surface area contributed by atoms with Gasteiger partial charge in [0.05, 0.1) is 18.7 Å². The average Bonchev–Trinajstić information content (AvgIpc) is 2.58. The quantitative estimate of drug-likeness (QED) is 0.908. The maximum Gasteiger partial charge on any atom is 0.143 e. The Morgan fingerprint density at radius 3 is 2.57 bits per heavy atom. The molecule has 0 bridgehead atoms. The summed E-state index contributed by atoms with van der Waals surface area (Å²) in [5.41, 5.74) is 2.90. The second-order valence-electron chi connectivity index (χ2n) is 5.39. The molecule has 1 atom stereocenters. The lowest BCUT2D eigenvalue weighted by Gasteiger charge is -2.26. The standard InChI is InChI=1S/C19H19N3O/c1-22(9-10-23)18-7-8-19(17(13-20)14-21)16(12-18)11-15-5-3-2-4-6-15/h2-8,11-12,17,19,23H,9-10H2,1H3. The van der Waals surface area contributed by atoms with E-state index >= 15 is 0 Å². The monoisotopic (exact) mass is 305 g/mol. The molecule has 0 saturated carbocycles. The van der Waals surface area contributed by atoms with Crippen LogP contribution in [-0.4, -0.2) is 30.2 Å². The molecule has 116 valence electrons. The van der Waals surface area contributed by atoms with Crippen molar-refractivity contribution in [2.24, 2.45) is 11.8 Å². The van der Waals surface area contributed by atoms with Gasteiger partial charge in [-0.25, -0.2) is 0 Å². The highest BCUT2D eigenvalue weighted by atomic mass is 16.3. The van der Waals surface area contributed by atoms with Gasteiger partial charge in [0.2, 0.25) is 0 Å². The molecule has 1 N–H and O–H groups in total. The Bertz CT molecular complexity index is 690. The van der Waals surface area contributed by atoms with E-state index in [0.717, 1.165) is 16.8 Å². The van der Waals surface area contributed by atoms with Gasteiger partial charge in [-0.15, -0.1) is 0 Å². The molecule has 0 aromatic heterocycles. The van der Waals surface area contributed by atoms with Crippen LogP contribution in [-0.2, 0) is 0 Å². The molecular formula is C19H19N3O. The molecule has 0 radical (unpaired) electrons. The van der Waals surface area contributed by atoms with E-state index in [1.807, 2.05) is 66.6 Å². The van der Waals surface area contributed by atoms with E-state index in [1.54, 1.807) is 0 Å². The fourth-order valence-corrected chi connectivity index (χ4v) is 2.52. The van der Waals surface area contributed by atoms with Gasteiger partial charge in [-0.05, 0) is 23.3 Å². The number of allylic oxidation sites excluding steroid dienone is 4. The Morgan fingerprint density at radius 2 is 1.96 bits per heavy atom. The van der Waals surface area contributed by atoms with Crippen LogP contribution in [0.1, 0.15) is 5.56 Å². The molecule has 0 saturated heterocycles. The third-order valence-electron chi connectivity index (χ3n) is 3.82. The number of likely N-dealkylation sites (N-methyl/N-ethyl adjacent to an activating group) is 1. The van der Waals surface area contributed by atoms with Gasteiger partial charge < -0.3 is 10.0 Å². The lowest BCUT2D eigenvalue weighted by molar-refractivity contribution is 0.248. The van der Waals surface area contributed by atoms with Crippen molar-refractivity contribution in [1.29, 1.82) is 10.5 Å². The molecule has 1 aromatic rings. The van der Waals surface area contributed by atoms with Crippen LogP contribution in [0.4, 0.5) is 0 Å². The van der Waals surface area contributed by atoms with Crippen molar-refractivity contribution in [2.45, 2.75) is 0 Å². The lowest BCUT2D eigenvalue weighted by Crippen LogP contribution is -2.23. The topological polar surface area (TPSA) is 71.0 Å². The number of benzene rings is 1. The Kier molecular flexibility index (Phi) is 5.74. The van der Waals surface area contributed by atoms with E-state index in [-0.39, 0.29) is 12.5 Å². The minimum Gasteiger partial charge on any atom is -0.395 e. The van der Waals surface area contributed by atoms with Crippen LogP contribution in [0.5, 0.6) is 0 Å². The fraction of sp³-hybridized carbons (Fsp3) is 0.263. The van der Waals surface area contributed by atoms with E-state index in [4.69, 9.17) is 5.11 Å². The predicted molar refractivity (Wildman–Crippen MR) is 89.6 cm³/mol. The number of hydrogen-bond acceptors (Lipinski definition) is 4. The van der Waals surface area contributed by atoms with E-state index in [0.29, 0.717) is 6.54 Å². The number of nitrogens with zero attached hydrogens (tertiary/aromatic N) is 3. The first-order valence-electron chi connectivity index (χ1n) is 7.47. The minimum absolute atomic E-state index is 0.0713. The van der Waals surface area contributed by atoms with Crippen molar-refractivity contribution in [3.8, 4) is 12.1 Å². The van der Waals surface area contributed by atoms with E-state index in [9.17, 15) is 10.5 Å². The zero-order valence-corrected chi connectivity index (χ0v) is 13.1. The number of hydrogen-bond donors (Lipinski definition) is 1. The minimum atomic E-state index is -0.720. The summed E-state index contributed by atoms with van der Waals surface area (Å²) in [6.07, 6.45) is 7.79. The van der Waals surface area contributed by atoms with Crippen molar-refractivity contribution >= 4 is 6.08 Å². The summed E-state index contributed by atoms with van der Waals surface area (Å²) in [7, 11) is 1.90. The first-order valence-corrected chi connectivity index (χ1v) is 7.47. The fourth-order valence-electron chi connectivity index (χ4n) is 2.52. The van der Waals surface area contributed by atoms with Gasteiger partial charge in [-0.1, -0.05) is 42.5 Å². The van der Waals surface area contributed by atoms with Crippen LogP contribution in [0, 0.1) is 34.5 Å². The van der Waals surface area contributed by atoms with Gasteiger partial charge in [0.25, 0.3) is 0 Å². The van der Waals surface area contributed by atoms with Crippen LogP contribution in [0.15, 0.2) is 59.8 Å². The number of rotatable bonds is 5. The third-order valence-corrected chi connectivity index (χ3v) is 3.82. The highest BCUT2D eigenvalue weighted by Gasteiger charge is 2.24. The molecule has 23 heavy (non-hydrogen) atoms. The molecule has 1 aromatic carbocycles. The van der Waals surface area contributed by atoms with Crippen LogP contribution in [0.3, 0.4) is 0 Å². The van der Waals surface area contributed by atoms with Gasteiger partial charge in [0, 0.05) is 25.2 Å². The number of aliphatic hydroxyl groups is 1. The van der Waals surface area contributed by atoms with Crippen LogP contribution >= 0.6 is 0 Å². The molecule has 0 spiro atoms. The zero-order valence-electron chi connectivity index (χ0n) is 13.1. The van der Waals surface area contributed by atoms with Crippen molar-refractivity contribution < 1.29 is 5.11 Å². The summed E-state index contributed by atoms with van der Waals surface area (Å²) < 4.78 is 0. The molecule has 1 aliphatic carbocycles. The van der Waals surface area contributed by atoms with Gasteiger partial charge in [0.15, 0.2) is 0 Å². The van der Waals surface area contributed by atoms with Gasteiger partial charge in [-0.2, -0.15) is 10.5 Å². The third kappa shape index (κ3) is 4.10. The van der Waals surface area contributed by atoms with Gasteiger partial charge in [0.1, 0.15) is 5.92 Å². The molecule has 4 heteroatoms. The summed E-state index contributed by atoms with van der Waals surface area (Å²) in [5.74, 6) is -0.973. The second-order valence-corrected chi connectivity index (χ2v) is 5.39. The van der Waals surface area contributed by atoms with E-state index < -0.39 is 5.92 Å². The first-order chi connectivity index (χ1) is 11.2. The predicted octanol–water partition coefficient (Wildman–Crippen LogP) is 2.73. The Morgan fingerprint density at radius 1 is 1.26 bits per heavy atom.